The van der Waals surface area contributed by atoms with Crippen molar-refractivity contribution in [3.05, 3.63) is 65.9 Å². The van der Waals surface area contributed by atoms with Crippen molar-refractivity contribution in [2.24, 2.45) is 4.99 Å². The number of aryl methyl sites for hydroxylation is 1. The van der Waals surface area contributed by atoms with Gasteiger partial charge in [0, 0.05) is 64.3 Å². The molecule has 4 rings (SSSR count). The maximum atomic E-state index is 13.1. The molecule has 1 aromatic carbocycles. The van der Waals surface area contributed by atoms with Crippen LogP contribution >= 0.6 is 0 Å². The molecule has 0 unspecified atom stereocenters. The molecule has 3 heterocycles. The number of imidazole rings is 1. The lowest BCUT2D eigenvalue weighted by atomic mass is 10.2. The summed E-state index contributed by atoms with van der Waals surface area (Å²) >= 11 is 0. The Morgan fingerprint density at radius 3 is 2.59 bits per heavy atom. The number of nitrogens with zero attached hydrogens (tertiary/aromatic N) is 5. The molecular formula is C22H27FN6. The highest BCUT2D eigenvalue weighted by atomic mass is 19.1. The molecule has 0 spiro atoms. The van der Waals surface area contributed by atoms with E-state index in [1.165, 1.54) is 17.7 Å². The molecule has 1 fully saturated rings. The molecule has 3 aromatic rings. The van der Waals surface area contributed by atoms with Crippen molar-refractivity contribution in [3.63, 3.8) is 0 Å². The van der Waals surface area contributed by atoms with Gasteiger partial charge in [-0.2, -0.15) is 0 Å². The van der Waals surface area contributed by atoms with Crippen LogP contribution in [0.1, 0.15) is 11.3 Å². The third-order valence-corrected chi connectivity index (χ3v) is 5.37. The van der Waals surface area contributed by atoms with E-state index < -0.39 is 0 Å². The van der Waals surface area contributed by atoms with Crippen LogP contribution < -0.4 is 10.2 Å². The lowest BCUT2D eigenvalue weighted by Crippen LogP contribution is -2.52. The molecule has 29 heavy (non-hydrogen) atoms. The summed E-state index contributed by atoms with van der Waals surface area (Å²) in [6, 6.07) is 10.8. The highest BCUT2D eigenvalue weighted by Gasteiger charge is 2.19. The average molecular weight is 394 g/mol. The van der Waals surface area contributed by atoms with Gasteiger partial charge in [0.1, 0.15) is 11.5 Å². The Labute approximate surface area is 170 Å². The number of pyridine rings is 1. The van der Waals surface area contributed by atoms with Crippen LogP contribution in [0.25, 0.3) is 5.65 Å². The molecule has 0 atom stereocenters. The molecule has 1 aliphatic heterocycles. The number of hydrogen-bond donors (Lipinski definition) is 1. The van der Waals surface area contributed by atoms with Crippen LogP contribution in [0.3, 0.4) is 0 Å². The van der Waals surface area contributed by atoms with E-state index in [-0.39, 0.29) is 5.82 Å². The smallest absolute Gasteiger partial charge is 0.193 e. The number of rotatable bonds is 4. The Morgan fingerprint density at radius 1 is 1.14 bits per heavy atom. The third-order valence-electron chi connectivity index (χ3n) is 5.37. The number of piperazine rings is 1. The maximum absolute atomic E-state index is 13.1. The predicted molar refractivity (Wildman–Crippen MR) is 115 cm³/mol. The first-order valence-electron chi connectivity index (χ1n) is 10.0. The van der Waals surface area contributed by atoms with Gasteiger partial charge in [-0.15, -0.1) is 0 Å². The minimum atomic E-state index is -0.197. The summed E-state index contributed by atoms with van der Waals surface area (Å²) in [5.41, 5.74) is 4.34. The molecular weight excluding hydrogens is 367 g/mol. The van der Waals surface area contributed by atoms with E-state index in [2.05, 4.69) is 43.7 Å². The van der Waals surface area contributed by atoms with E-state index in [0.29, 0.717) is 0 Å². The third kappa shape index (κ3) is 4.34. The van der Waals surface area contributed by atoms with Crippen LogP contribution in [0.2, 0.25) is 0 Å². The maximum Gasteiger partial charge on any atom is 0.193 e. The molecule has 152 valence electrons. The van der Waals surface area contributed by atoms with Crippen LogP contribution in [0.5, 0.6) is 0 Å². The van der Waals surface area contributed by atoms with Crippen molar-refractivity contribution in [3.8, 4) is 0 Å². The molecule has 0 aliphatic carbocycles. The SMILES string of the molecule is CN=C(NCCc1cn2cccc(C)c2n1)N1CCN(c2ccc(F)cc2)CC1. The minimum Gasteiger partial charge on any atom is -0.368 e. The number of benzene rings is 1. The fraction of sp³-hybridized carbons (Fsp3) is 0.364. The average Bonchev–Trinajstić information content (AvgIpc) is 3.16. The predicted octanol–water partition coefficient (Wildman–Crippen LogP) is 2.72. The largest absolute Gasteiger partial charge is 0.368 e. The van der Waals surface area contributed by atoms with Crippen LogP contribution in [0, 0.1) is 12.7 Å². The molecule has 0 bridgehead atoms. The zero-order valence-corrected chi connectivity index (χ0v) is 17.0. The summed E-state index contributed by atoms with van der Waals surface area (Å²) in [6.45, 7) is 6.40. The number of guanidine groups is 1. The second-order valence-electron chi connectivity index (χ2n) is 7.33. The van der Waals surface area contributed by atoms with Crippen LogP contribution in [0.15, 0.2) is 53.8 Å². The number of hydrogen-bond acceptors (Lipinski definition) is 3. The Balaban J connectivity index is 1.29. The normalized spacial score (nSPS) is 15.2. The van der Waals surface area contributed by atoms with Crippen molar-refractivity contribution in [1.82, 2.24) is 19.6 Å². The van der Waals surface area contributed by atoms with Gasteiger partial charge in [0.05, 0.1) is 5.69 Å². The van der Waals surface area contributed by atoms with E-state index in [1.54, 1.807) is 0 Å². The zero-order chi connectivity index (χ0) is 20.2. The zero-order valence-electron chi connectivity index (χ0n) is 17.0. The van der Waals surface area contributed by atoms with E-state index in [4.69, 9.17) is 4.98 Å². The van der Waals surface area contributed by atoms with Crippen LogP contribution in [-0.2, 0) is 6.42 Å². The second kappa shape index (κ2) is 8.51. The Hall–Kier alpha value is -3.09. The van der Waals surface area contributed by atoms with Gasteiger partial charge in [0.2, 0.25) is 0 Å². The summed E-state index contributed by atoms with van der Waals surface area (Å²) < 4.78 is 15.2. The fourth-order valence-corrected chi connectivity index (χ4v) is 3.79. The van der Waals surface area contributed by atoms with E-state index in [0.717, 1.165) is 62.1 Å². The van der Waals surface area contributed by atoms with Gasteiger partial charge in [0.15, 0.2) is 5.96 Å². The summed E-state index contributed by atoms with van der Waals surface area (Å²) in [6.07, 6.45) is 4.97. The molecule has 2 aromatic heterocycles. The standard InChI is InChI=1S/C22H27FN6/c1-17-4-3-11-29-16-19(26-21(17)29)9-10-25-22(24-2)28-14-12-27(13-15-28)20-7-5-18(23)6-8-20/h3-8,11,16H,9-10,12-15H2,1-2H3,(H,24,25). The number of aromatic nitrogens is 2. The number of halogens is 1. The molecule has 1 N–H and O–H groups in total. The summed E-state index contributed by atoms with van der Waals surface area (Å²) in [5, 5.41) is 3.47. The van der Waals surface area contributed by atoms with Gasteiger partial charge in [-0.3, -0.25) is 4.99 Å². The van der Waals surface area contributed by atoms with Gasteiger partial charge < -0.3 is 19.5 Å². The lowest BCUT2D eigenvalue weighted by molar-refractivity contribution is 0.373. The molecule has 0 radical (unpaired) electrons. The Kier molecular flexibility index (Phi) is 5.64. The van der Waals surface area contributed by atoms with Crippen molar-refractivity contribution in [1.29, 1.82) is 0 Å². The first kappa shape index (κ1) is 19.2. The Morgan fingerprint density at radius 2 is 1.90 bits per heavy atom. The second-order valence-corrected chi connectivity index (χ2v) is 7.33. The van der Waals surface area contributed by atoms with Crippen LogP contribution in [0.4, 0.5) is 10.1 Å². The number of anilines is 1. The summed E-state index contributed by atoms with van der Waals surface area (Å²) in [7, 11) is 1.82. The minimum absolute atomic E-state index is 0.197. The molecule has 6 nitrogen and oxygen atoms in total. The molecule has 0 saturated carbocycles. The lowest BCUT2D eigenvalue weighted by Gasteiger charge is -2.37. The Bertz CT molecular complexity index is 986. The topological polar surface area (TPSA) is 48.2 Å². The first-order chi connectivity index (χ1) is 14.1. The fourth-order valence-electron chi connectivity index (χ4n) is 3.79. The van der Waals surface area contributed by atoms with E-state index in [9.17, 15) is 4.39 Å². The van der Waals surface area contributed by atoms with Gasteiger partial charge >= 0.3 is 0 Å². The van der Waals surface area contributed by atoms with Gasteiger partial charge in [-0.05, 0) is 42.8 Å². The molecule has 1 saturated heterocycles. The van der Waals surface area contributed by atoms with E-state index in [1.807, 2.05) is 31.4 Å². The highest BCUT2D eigenvalue weighted by molar-refractivity contribution is 5.80. The van der Waals surface area contributed by atoms with Crippen molar-refractivity contribution in [2.45, 2.75) is 13.3 Å². The molecule has 7 heteroatoms. The van der Waals surface area contributed by atoms with Crippen molar-refractivity contribution in [2.75, 3.05) is 44.7 Å². The first-order valence-corrected chi connectivity index (χ1v) is 10.0. The molecule has 0 amide bonds. The van der Waals surface area contributed by atoms with Crippen molar-refractivity contribution >= 4 is 17.3 Å². The van der Waals surface area contributed by atoms with Gasteiger partial charge in [-0.1, -0.05) is 6.07 Å². The summed E-state index contributed by atoms with van der Waals surface area (Å²) in [5.74, 6) is 0.724. The van der Waals surface area contributed by atoms with E-state index >= 15 is 0 Å². The number of aliphatic imine (C=N–C) groups is 1. The number of fused-ring (bicyclic) bond motifs is 1. The van der Waals surface area contributed by atoms with Gasteiger partial charge in [0.25, 0.3) is 0 Å². The van der Waals surface area contributed by atoms with Crippen LogP contribution in [-0.4, -0.2) is 60.0 Å². The number of nitrogens with one attached hydrogen (secondary N) is 1. The summed E-state index contributed by atoms with van der Waals surface area (Å²) in [4.78, 5) is 13.7. The molecule has 1 aliphatic rings. The van der Waals surface area contributed by atoms with Crippen molar-refractivity contribution < 1.29 is 4.39 Å². The van der Waals surface area contributed by atoms with Gasteiger partial charge in [-0.25, -0.2) is 9.37 Å². The monoisotopic (exact) mass is 394 g/mol. The highest BCUT2D eigenvalue weighted by Crippen LogP contribution is 2.17. The quantitative estimate of drug-likeness (QED) is 0.546.